The van der Waals surface area contributed by atoms with Crippen LogP contribution in [-0.4, -0.2) is 12.6 Å². The van der Waals surface area contributed by atoms with Crippen molar-refractivity contribution in [1.82, 2.24) is 0 Å². The van der Waals surface area contributed by atoms with Crippen LogP contribution in [0.2, 0.25) is 0 Å². The number of benzene rings is 1. The summed E-state index contributed by atoms with van der Waals surface area (Å²) in [5.74, 6) is -0.167. The van der Waals surface area contributed by atoms with Gasteiger partial charge in [0.25, 0.3) is 0 Å². The minimum Gasteiger partial charge on any atom is -0.463 e. The van der Waals surface area contributed by atoms with Gasteiger partial charge in [-0.05, 0) is 26.0 Å². The highest BCUT2D eigenvalue weighted by molar-refractivity contribution is 5.82. The SMILES string of the molecule is CCOC(=O)/C=C(\C)Oc1cccc(F)c1. The van der Waals surface area contributed by atoms with Crippen LogP contribution in [0.3, 0.4) is 0 Å². The molecule has 3 nitrogen and oxygen atoms in total. The largest absolute Gasteiger partial charge is 0.463 e. The van der Waals surface area contributed by atoms with E-state index in [1.807, 2.05) is 0 Å². The smallest absolute Gasteiger partial charge is 0.334 e. The molecule has 1 aromatic carbocycles. The maximum Gasteiger partial charge on any atom is 0.334 e. The van der Waals surface area contributed by atoms with Crippen molar-refractivity contribution >= 4 is 5.97 Å². The molecule has 4 heteroatoms. The number of rotatable bonds is 4. The van der Waals surface area contributed by atoms with Gasteiger partial charge >= 0.3 is 5.97 Å². The number of halogens is 1. The molecule has 1 aromatic rings. The van der Waals surface area contributed by atoms with Gasteiger partial charge in [0.05, 0.1) is 12.7 Å². The normalized spacial score (nSPS) is 11.1. The van der Waals surface area contributed by atoms with Crippen LogP contribution in [0.4, 0.5) is 4.39 Å². The first kappa shape index (κ1) is 12.2. The molecule has 0 saturated carbocycles. The molecule has 1 rings (SSSR count). The summed E-state index contributed by atoms with van der Waals surface area (Å²) in [6, 6.07) is 5.69. The molecule has 0 fully saturated rings. The predicted molar refractivity (Wildman–Crippen MR) is 57.4 cm³/mol. The first-order valence-corrected chi connectivity index (χ1v) is 4.90. The molecule has 0 spiro atoms. The zero-order valence-electron chi connectivity index (χ0n) is 9.20. The van der Waals surface area contributed by atoms with Crippen molar-refractivity contribution in [3.8, 4) is 5.75 Å². The Labute approximate surface area is 93.5 Å². The van der Waals surface area contributed by atoms with E-state index in [0.29, 0.717) is 18.1 Å². The summed E-state index contributed by atoms with van der Waals surface area (Å²) in [5, 5.41) is 0. The molecule has 0 aliphatic heterocycles. The molecule has 0 amide bonds. The summed E-state index contributed by atoms with van der Waals surface area (Å²) in [5.41, 5.74) is 0. The van der Waals surface area contributed by atoms with Gasteiger partial charge in [-0.15, -0.1) is 0 Å². The topological polar surface area (TPSA) is 35.5 Å². The molecule has 0 saturated heterocycles. The molecule has 0 aromatic heterocycles. The van der Waals surface area contributed by atoms with Crippen LogP contribution in [0.25, 0.3) is 0 Å². The minimum atomic E-state index is -0.476. The molecule has 0 aliphatic rings. The average Bonchev–Trinajstić information content (AvgIpc) is 2.17. The molecular weight excluding hydrogens is 211 g/mol. The Morgan fingerprint density at radius 3 is 2.88 bits per heavy atom. The van der Waals surface area contributed by atoms with Crippen LogP contribution >= 0.6 is 0 Å². The Kier molecular flexibility index (Phi) is 4.51. The zero-order valence-corrected chi connectivity index (χ0v) is 9.20. The van der Waals surface area contributed by atoms with Crippen molar-refractivity contribution < 1.29 is 18.7 Å². The summed E-state index contributed by atoms with van der Waals surface area (Å²) < 4.78 is 22.7. The number of ether oxygens (including phenoxy) is 2. The van der Waals surface area contributed by atoms with Crippen LogP contribution in [0.1, 0.15) is 13.8 Å². The fourth-order valence-electron chi connectivity index (χ4n) is 1.10. The van der Waals surface area contributed by atoms with E-state index in [-0.39, 0.29) is 5.82 Å². The Morgan fingerprint density at radius 2 is 2.25 bits per heavy atom. The fourth-order valence-corrected chi connectivity index (χ4v) is 1.10. The zero-order chi connectivity index (χ0) is 12.0. The van der Waals surface area contributed by atoms with Gasteiger partial charge in [0.2, 0.25) is 0 Å². The van der Waals surface area contributed by atoms with E-state index in [9.17, 15) is 9.18 Å². The Hall–Kier alpha value is -1.84. The monoisotopic (exact) mass is 224 g/mol. The average molecular weight is 224 g/mol. The third kappa shape index (κ3) is 4.13. The van der Waals surface area contributed by atoms with Crippen molar-refractivity contribution in [2.24, 2.45) is 0 Å². The highest BCUT2D eigenvalue weighted by Gasteiger charge is 2.01. The highest BCUT2D eigenvalue weighted by atomic mass is 19.1. The number of carbonyl (C=O) groups is 1. The second-order valence-corrected chi connectivity index (χ2v) is 3.07. The van der Waals surface area contributed by atoms with Gasteiger partial charge in [0, 0.05) is 6.07 Å². The van der Waals surface area contributed by atoms with Gasteiger partial charge in [-0.3, -0.25) is 0 Å². The van der Waals surface area contributed by atoms with Crippen LogP contribution in [0.5, 0.6) is 5.75 Å². The number of hydrogen-bond donors (Lipinski definition) is 0. The van der Waals surface area contributed by atoms with Gasteiger partial charge in [0.1, 0.15) is 17.3 Å². The molecule has 16 heavy (non-hydrogen) atoms. The molecule has 86 valence electrons. The molecule has 0 unspecified atom stereocenters. The molecule has 0 aliphatic carbocycles. The molecule has 0 atom stereocenters. The quantitative estimate of drug-likeness (QED) is 0.448. The lowest BCUT2D eigenvalue weighted by Gasteiger charge is -2.05. The molecular formula is C12H13FO3. The number of esters is 1. The van der Waals surface area contributed by atoms with E-state index < -0.39 is 5.97 Å². The van der Waals surface area contributed by atoms with Gasteiger partial charge in [-0.25, -0.2) is 9.18 Å². The van der Waals surface area contributed by atoms with E-state index in [2.05, 4.69) is 0 Å². The fraction of sp³-hybridized carbons (Fsp3) is 0.250. The number of carbonyl (C=O) groups excluding carboxylic acids is 1. The van der Waals surface area contributed by atoms with Crippen molar-refractivity contribution in [3.05, 3.63) is 41.9 Å². The first-order chi connectivity index (χ1) is 7.61. The minimum absolute atomic E-state index is 0.308. The Balaban J connectivity index is 2.63. The van der Waals surface area contributed by atoms with Gasteiger partial charge in [-0.2, -0.15) is 0 Å². The maximum atomic E-state index is 12.8. The molecule has 0 bridgehead atoms. The van der Waals surface area contributed by atoms with Crippen LogP contribution in [-0.2, 0) is 9.53 Å². The lowest BCUT2D eigenvalue weighted by molar-refractivity contribution is -0.137. The summed E-state index contributed by atoms with van der Waals surface area (Å²) in [6.07, 6.45) is 1.22. The second kappa shape index (κ2) is 5.90. The van der Waals surface area contributed by atoms with E-state index in [4.69, 9.17) is 9.47 Å². The van der Waals surface area contributed by atoms with Crippen LogP contribution < -0.4 is 4.74 Å². The standard InChI is InChI=1S/C12H13FO3/c1-3-15-12(14)7-9(2)16-11-6-4-5-10(13)8-11/h4-8H,3H2,1-2H3/b9-7+. The molecule has 0 radical (unpaired) electrons. The van der Waals surface area contributed by atoms with E-state index in [1.54, 1.807) is 19.9 Å². The maximum absolute atomic E-state index is 12.8. The van der Waals surface area contributed by atoms with Gasteiger partial charge in [-0.1, -0.05) is 6.07 Å². The van der Waals surface area contributed by atoms with Crippen molar-refractivity contribution in [2.75, 3.05) is 6.61 Å². The second-order valence-electron chi connectivity index (χ2n) is 3.07. The number of hydrogen-bond acceptors (Lipinski definition) is 3. The Bertz CT molecular complexity index is 399. The Morgan fingerprint density at radius 1 is 1.50 bits per heavy atom. The predicted octanol–water partition coefficient (Wildman–Crippen LogP) is 2.67. The number of allylic oxidation sites excluding steroid dienone is 1. The lowest BCUT2D eigenvalue weighted by atomic mass is 10.3. The van der Waals surface area contributed by atoms with Gasteiger partial charge < -0.3 is 9.47 Å². The van der Waals surface area contributed by atoms with E-state index >= 15 is 0 Å². The molecule has 0 N–H and O–H groups in total. The third-order valence-electron chi connectivity index (χ3n) is 1.68. The van der Waals surface area contributed by atoms with Crippen molar-refractivity contribution in [2.45, 2.75) is 13.8 Å². The third-order valence-corrected chi connectivity index (χ3v) is 1.68. The van der Waals surface area contributed by atoms with Crippen LogP contribution in [0, 0.1) is 5.82 Å². The van der Waals surface area contributed by atoms with Crippen LogP contribution in [0.15, 0.2) is 36.1 Å². The summed E-state index contributed by atoms with van der Waals surface area (Å²) in [4.78, 5) is 11.1. The lowest BCUT2D eigenvalue weighted by Crippen LogP contribution is -2.02. The molecule has 0 heterocycles. The van der Waals surface area contributed by atoms with Crippen molar-refractivity contribution in [3.63, 3.8) is 0 Å². The summed E-state index contributed by atoms with van der Waals surface area (Å²) in [6.45, 7) is 3.62. The first-order valence-electron chi connectivity index (χ1n) is 4.90. The summed E-state index contributed by atoms with van der Waals surface area (Å²) in [7, 11) is 0. The van der Waals surface area contributed by atoms with E-state index in [1.165, 1.54) is 24.3 Å². The van der Waals surface area contributed by atoms with Crippen molar-refractivity contribution in [1.29, 1.82) is 0 Å². The van der Waals surface area contributed by atoms with Gasteiger partial charge in [0.15, 0.2) is 0 Å². The summed E-state index contributed by atoms with van der Waals surface area (Å²) >= 11 is 0. The van der Waals surface area contributed by atoms with E-state index in [0.717, 1.165) is 0 Å². The highest BCUT2D eigenvalue weighted by Crippen LogP contribution is 2.14.